The molecule has 0 radical (unpaired) electrons. The molecule has 0 amide bonds. The second-order valence-corrected chi connectivity index (χ2v) is 11.3. The molecule has 0 aromatic heterocycles. The highest BCUT2D eigenvalue weighted by Gasteiger charge is 2.46. The predicted octanol–water partition coefficient (Wildman–Crippen LogP) is 11.2. The molecule has 3 rings (SSSR count). The van der Waals surface area contributed by atoms with Crippen LogP contribution in [0.4, 0.5) is 8.78 Å². The van der Waals surface area contributed by atoms with E-state index in [2.05, 4.69) is 50.2 Å². The van der Waals surface area contributed by atoms with Gasteiger partial charge >= 0.3 is 0 Å². The first-order valence-corrected chi connectivity index (χ1v) is 15.1. The lowest BCUT2D eigenvalue weighted by Gasteiger charge is -2.36. The molecule has 0 aliphatic heterocycles. The van der Waals surface area contributed by atoms with Crippen molar-refractivity contribution in [2.24, 2.45) is 0 Å². The first-order valence-electron chi connectivity index (χ1n) is 15.1. The molecule has 0 saturated heterocycles. The van der Waals surface area contributed by atoms with Crippen molar-refractivity contribution < 1.29 is 8.78 Å². The van der Waals surface area contributed by atoms with Crippen LogP contribution in [-0.4, -0.2) is 5.92 Å². The zero-order valence-electron chi connectivity index (χ0n) is 23.1. The molecule has 2 aromatic carbocycles. The molecule has 2 aromatic rings. The fourth-order valence-corrected chi connectivity index (χ4v) is 5.94. The van der Waals surface area contributed by atoms with Crippen LogP contribution in [0.5, 0.6) is 0 Å². The zero-order valence-corrected chi connectivity index (χ0v) is 23.1. The van der Waals surface area contributed by atoms with E-state index in [1.54, 1.807) is 0 Å². The molecule has 0 heterocycles. The summed E-state index contributed by atoms with van der Waals surface area (Å²) in [5, 5.41) is 0. The van der Waals surface area contributed by atoms with Crippen LogP contribution in [0.15, 0.2) is 48.5 Å². The highest BCUT2D eigenvalue weighted by atomic mass is 19.3. The number of alkyl halides is 2. The number of hydrogen-bond acceptors (Lipinski definition) is 0. The van der Waals surface area contributed by atoms with E-state index in [-0.39, 0.29) is 12.3 Å². The van der Waals surface area contributed by atoms with E-state index in [1.807, 2.05) is 12.1 Å². The lowest BCUT2D eigenvalue weighted by Crippen LogP contribution is -2.33. The molecule has 0 spiro atoms. The smallest absolute Gasteiger partial charge is 0.206 e. The van der Waals surface area contributed by atoms with E-state index in [0.29, 0.717) is 6.42 Å². The maximum absolute atomic E-state index is 15.3. The van der Waals surface area contributed by atoms with Crippen LogP contribution in [0.2, 0.25) is 0 Å². The van der Waals surface area contributed by atoms with Crippen LogP contribution in [0.25, 0.3) is 0 Å². The number of rotatable bonds is 16. The first-order chi connectivity index (χ1) is 17.5. The van der Waals surface area contributed by atoms with Gasteiger partial charge in [0.15, 0.2) is 0 Å². The molecule has 0 bridgehead atoms. The molecule has 2 atom stereocenters. The first kappa shape index (κ1) is 28.9. The van der Waals surface area contributed by atoms with Gasteiger partial charge in [-0.05, 0) is 66.7 Å². The Morgan fingerprint density at radius 3 is 1.50 bits per heavy atom. The van der Waals surface area contributed by atoms with Crippen LogP contribution in [-0.2, 0) is 12.8 Å². The minimum Gasteiger partial charge on any atom is -0.206 e. The van der Waals surface area contributed by atoms with Gasteiger partial charge < -0.3 is 0 Å². The van der Waals surface area contributed by atoms with E-state index >= 15 is 8.78 Å². The van der Waals surface area contributed by atoms with Gasteiger partial charge in [-0.3, -0.25) is 0 Å². The maximum atomic E-state index is 15.3. The average molecular weight is 497 g/mol. The van der Waals surface area contributed by atoms with Crippen LogP contribution < -0.4 is 0 Å². The molecule has 1 fully saturated rings. The van der Waals surface area contributed by atoms with Crippen molar-refractivity contribution in [2.45, 2.75) is 141 Å². The Balaban J connectivity index is 1.45. The van der Waals surface area contributed by atoms with Crippen LogP contribution in [0.1, 0.15) is 144 Å². The molecule has 1 saturated carbocycles. The molecule has 1 aliphatic carbocycles. The van der Waals surface area contributed by atoms with Gasteiger partial charge in [0.05, 0.1) is 0 Å². The summed E-state index contributed by atoms with van der Waals surface area (Å²) in [6, 6.07) is 16.7. The summed E-state index contributed by atoms with van der Waals surface area (Å²) in [7, 11) is 0. The molecular weight excluding hydrogens is 446 g/mol. The Kier molecular flexibility index (Phi) is 12.5. The largest absolute Gasteiger partial charge is 0.255 e. The summed E-state index contributed by atoms with van der Waals surface area (Å²) in [5.74, 6) is -3.34. The van der Waals surface area contributed by atoms with Crippen molar-refractivity contribution in [2.75, 3.05) is 0 Å². The van der Waals surface area contributed by atoms with Crippen molar-refractivity contribution >= 4 is 0 Å². The minimum absolute atomic E-state index is 0.0338. The molecule has 0 unspecified atom stereocenters. The van der Waals surface area contributed by atoms with E-state index in [9.17, 15) is 0 Å². The summed E-state index contributed by atoms with van der Waals surface area (Å²) in [4.78, 5) is 0. The number of aryl methyl sites for hydroxylation is 2. The summed E-state index contributed by atoms with van der Waals surface area (Å²) < 4.78 is 30.6. The molecule has 1 aliphatic rings. The molecule has 200 valence electrons. The zero-order chi connectivity index (χ0) is 25.6. The monoisotopic (exact) mass is 496 g/mol. The average Bonchev–Trinajstić information content (AvgIpc) is 2.88. The van der Waals surface area contributed by atoms with Gasteiger partial charge in [0.2, 0.25) is 0 Å². The number of benzene rings is 2. The fourth-order valence-electron chi connectivity index (χ4n) is 5.94. The second-order valence-electron chi connectivity index (χ2n) is 11.3. The fraction of sp³-hybridized carbons (Fsp3) is 0.647. The molecular formula is C34H50F2. The number of halogens is 2. The lowest BCUT2D eigenvalue weighted by atomic mass is 9.73. The molecule has 0 nitrogen and oxygen atoms in total. The van der Waals surface area contributed by atoms with Crippen molar-refractivity contribution in [1.82, 2.24) is 0 Å². The molecule has 36 heavy (non-hydrogen) atoms. The van der Waals surface area contributed by atoms with Crippen LogP contribution >= 0.6 is 0 Å². The Labute approximate surface area is 220 Å². The highest BCUT2D eigenvalue weighted by molar-refractivity contribution is 5.30. The van der Waals surface area contributed by atoms with Crippen LogP contribution in [0.3, 0.4) is 0 Å². The standard InChI is InChI=1S/C34H50F2/c1-3-5-7-9-11-13-15-28-17-21-30(22-18-28)32-25-26-33(34(35,36)27-32)31-23-19-29(20-24-31)16-14-12-10-8-6-4-2/h17-24,32-33H,3-16,25-27H2,1-2H3/t32-,33+/m0/s1. The van der Waals surface area contributed by atoms with E-state index in [0.717, 1.165) is 30.4 Å². The van der Waals surface area contributed by atoms with E-state index in [4.69, 9.17) is 0 Å². The van der Waals surface area contributed by atoms with Crippen LogP contribution in [0, 0.1) is 0 Å². The highest BCUT2D eigenvalue weighted by Crippen LogP contribution is 2.50. The van der Waals surface area contributed by atoms with Gasteiger partial charge in [-0.25, -0.2) is 8.78 Å². The van der Waals surface area contributed by atoms with E-state index < -0.39 is 11.8 Å². The van der Waals surface area contributed by atoms with Crippen molar-refractivity contribution in [1.29, 1.82) is 0 Å². The Morgan fingerprint density at radius 1 is 0.583 bits per heavy atom. The lowest BCUT2D eigenvalue weighted by molar-refractivity contribution is -0.0615. The Morgan fingerprint density at radius 2 is 1.03 bits per heavy atom. The van der Waals surface area contributed by atoms with Gasteiger partial charge in [0.25, 0.3) is 5.92 Å². The maximum Gasteiger partial charge on any atom is 0.255 e. The third-order valence-corrected chi connectivity index (χ3v) is 8.30. The number of hydrogen-bond donors (Lipinski definition) is 0. The second kappa shape index (κ2) is 15.5. The van der Waals surface area contributed by atoms with Crippen molar-refractivity contribution in [3.63, 3.8) is 0 Å². The van der Waals surface area contributed by atoms with E-state index in [1.165, 1.54) is 88.2 Å². The predicted molar refractivity (Wildman–Crippen MR) is 151 cm³/mol. The minimum atomic E-state index is -2.65. The van der Waals surface area contributed by atoms with Crippen molar-refractivity contribution in [3.8, 4) is 0 Å². The summed E-state index contributed by atoms with van der Waals surface area (Å²) >= 11 is 0. The topological polar surface area (TPSA) is 0 Å². The summed E-state index contributed by atoms with van der Waals surface area (Å²) in [5.41, 5.74) is 4.54. The Bertz CT molecular complexity index is 836. The van der Waals surface area contributed by atoms with Gasteiger partial charge in [0, 0.05) is 12.3 Å². The molecule has 2 heteroatoms. The summed E-state index contributed by atoms with van der Waals surface area (Å²) in [6.45, 7) is 4.49. The quantitative estimate of drug-likeness (QED) is 0.203. The number of unbranched alkanes of at least 4 members (excludes halogenated alkanes) is 10. The normalized spacial score (nSPS) is 19.4. The SMILES string of the molecule is CCCCCCCCc1ccc([C@H]2CC[C@H](c3ccc(CCCCCCCC)cc3)C(F)(F)C2)cc1. The van der Waals surface area contributed by atoms with Crippen molar-refractivity contribution in [3.05, 3.63) is 70.8 Å². The third-order valence-electron chi connectivity index (χ3n) is 8.30. The Hall–Kier alpha value is -1.70. The molecule has 0 N–H and O–H groups in total. The van der Waals surface area contributed by atoms with Gasteiger partial charge in [0.1, 0.15) is 0 Å². The summed E-state index contributed by atoms with van der Waals surface area (Å²) in [6.07, 6.45) is 19.1. The third kappa shape index (κ3) is 9.31. The van der Waals surface area contributed by atoms with Gasteiger partial charge in [-0.15, -0.1) is 0 Å². The van der Waals surface area contributed by atoms with Gasteiger partial charge in [-0.2, -0.15) is 0 Å². The van der Waals surface area contributed by atoms with Gasteiger partial charge in [-0.1, -0.05) is 127 Å².